The van der Waals surface area contributed by atoms with E-state index in [0.29, 0.717) is 6.42 Å². The average Bonchev–Trinajstić information content (AvgIpc) is 2.80. The highest BCUT2D eigenvalue weighted by atomic mass is 16.5. The van der Waals surface area contributed by atoms with Gasteiger partial charge in [0.25, 0.3) is 0 Å². The van der Waals surface area contributed by atoms with Crippen molar-refractivity contribution >= 4 is 11.8 Å². The lowest BCUT2D eigenvalue weighted by atomic mass is 9.54. The molecule has 0 unspecified atom stereocenters. The van der Waals surface area contributed by atoms with Crippen LogP contribution in [-0.4, -0.2) is 18.9 Å². The number of rotatable bonds is 1. The van der Waals surface area contributed by atoms with Crippen LogP contribution >= 0.6 is 0 Å². The summed E-state index contributed by atoms with van der Waals surface area (Å²) in [6.07, 6.45) is 10.1. The van der Waals surface area contributed by atoms with Crippen molar-refractivity contribution in [2.24, 2.45) is 16.7 Å². The number of ketones is 1. The number of carbonyl (C=O) groups excluding carboxylic acids is 2. The number of hydrogen-bond donors (Lipinski definition) is 0. The Kier molecular flexibility index (Phi) is 2.70. The smallest absolute Gasteiger partial charge is 0.316 e. The first-order chi connectivity index (χ1) is 9.02. The fourth-order valence-electron chi connectivity index (χ4n) is 4.21. The summed E-state index contributed by atoms with van der Waals surface area (Å²) in [6.45, 7) is 2.27. The second kappa shape index (κ2) is 4.06. The first-order valence-corrected chi connectivity index (χ1v) is 7.03. The SMILES string of the molecule is COC(=O)[C@]12C=CC(=O)C[C@H]1C1=CCC[C@]1(C)CC2. The molecule has 0 amide bonds. The van der Waals surface area contributed by atoms with Gasteiger partial charge in [-0.1, -0.05) is 24.6 Å². The largest absolute Gasteiger partial charge is 0.468 e. The molecule has 102 valence electrons. The number of methoxy groups -OCH3 is 1. The predicted octanol–water partition coefficient (Wildman–Crippen LogP) is 2.81. The van der Waals surface area contributed by atoms with E-state index in [-0.39, 0.29) is 23.1 Å². The Labute approximate surface area is 113 Å². The molecule has 0 spiro atoms. The van der Waals surface area contributed by atoms with E-state index in [0.717, 1.165) is 25.7 Å². The zero-order valence-electron chi connectivity index (χ0n) is 11.6. The molecule has 0 N–H and O–H groups in total. The highest BCUT2D eigenvalue weighted by molar-refractivity contribution is 5.95. The van der Waals surface area contributed by atoms with E-state index in [4.69, 9.17) is 4.74 Å². The lowest BCUT2D eigenvalue weighted by molar-refractivity contribution is -0.155. The molecule has 0 aliphatic heterocycles. The van der Waals surface area contributed by atoms with Gasteiger partial charge in [0.05, 0.1) is 12.5 Å². The fourth-order valence-corrected chi connectivity index (χ4v) is 4.21. The molecule has 3 aliphatic carbocycles. The van der Waals surface area contributed by atoms with Crippen LogP contribution in [0.25, 0.3) is 0 Å². The van der Waals surface area contributed by atoms with Crippen molar-refractivity contribution in [2.45, 2.75) is 39.0 Å². The highest BCUT2D eigenvalue weighted by Gasteiger charge is 2.56. The Morgan fingerprint density at radius 3 is 2.89 bits per heavy atom. The molecule has 3 heteroatoms. The van der Waals surface area contributed by atoms with E-state index < -0.39 is 5.41 Å². The van der Waals surface area contributed by atoms with Gasteiger partial charge in [0.15, 0.2) is 5.78 Å². The molecule has 3 nitrogen and oxygen atoms in total. The van der Waals surface area contributed by atoms with Crippen molar-refractivity contribution in [3.05, 3.63) is 23.8 Å². The molecule has 0 aromatic carbocycles. The lowest BCUT2D eigenvalue weighted by Gasteiger charge is -2.49. The van der Waals surface area contributed by atoms with Crippen LogP contribution in [0.2, 0.25) is 0 Å². The molecule has 3 rings (SSSR count). The van der Waals surface area contributed by atoms with Gasteiger partial charge < -0.3 is 4.74 Å². The minimum Gasteiger partial charge on any atom is -0.468 e. The van der Waals surface area contributed by atoms with Gasteiger partial charge in [-0.2, -0.15) is 0 Å². The number of hydrogen-bond acceptors (Lipinski definition) is 3. The number of fused-ring (bicyclic) bond motifs is 3. The quantitative estimate of drug-likeness (QED) is 0.538. The molecular formula is C16H20O3. The average molecular weight is 260 g/mol. The van der Waals surface area contributed by atoms with Crippen LogP contribution in [0.3, 0.4) is 0 Å². The van der Waals surface area contributed by atoms with E-state index in [1.54, 1.807) is 6.08 Å². The summed E-state index contributed by atoms with van der Waals surface area (Å²) in [7, 11) is 1.44. The molecule has 19 heavy (non-hydrogen) atoms. The summed E-state index contributed by atoms with van der Waals surface area (Å²) in [5.74, 6) is -0.0450. The number of allylic oxidation sites excluding steroid dienone is 3. The van der Waals surface area contributed by atoms with Crippen molar-refractivity contribution in [1.82, 2.24) is 0 Å². The first-order valence-electron chi connectivity index (χ1n) is 7.03. The lowest BCUT2D eigenvalue weighted by Crippen LogP contribution is -2.48. The summed E-state index contributed by atoms with van der Waals surface area (Å²) in [5, 5.41) is 0. The molecule has 0 heterocycles. The Morgan fingerprint density at radius 1 is 1.37 bits per heavy atom. The van der Waals surface area contributed by atoms with Crippen LogP contribution < -0.4 is 0 Å². The van der Waals surface area contributed by atoms with E-state index >= 15 is 0 Å². The van der Waals surface area contributed by atoms with Crippen LogP contribution in [0, 0.1) is 16.7 Å². The van der Waals surface area contributed by atoms with Gasteiger partial charge in [-0.15, -0.1) is 0 Å². The van der Waals surface area contributed by atoms with E-state index in [2.05, 4.69) is 13.0 Å². The highest BCUT2D eigenvalue weighted by Crippen LogP contribution is 2.60. The van der Waals surface area contributed by atoms with Crippen molar-refractivity contribution in [2.75, 3.05) is 7.11 Å². The molecule has 0 aromatic heterocycles. The summed E-state index contributed by atoms with van der Waals surface area (Å²) in [6, 6.07) is 0. The molecule has 1 fully saturated rings. The molecule has 1 saturated carbocycles. The molecule has 3 aliphatic rings. The van der Waals surface area contributed by atoms with Gasteiger partial charge >= 0.3 is 5.97 Å². The third-order valence-corrected chi connectivity index (χ3v) is 5.38. The van der Waals surface area contributed by atoms with E-state index in [1.807, 2.05) is 6.08 Å². The predicted molar refractivity (Wildman–Crippen MR) is 71.4 cm³/mol. The van der Waals surface area contributed by atoms with Crippen LogP contribution in [0.4, 0.5) is 0 Å². The molecular weight excluding hydrogens is 240 g/mol. The van der Waals surface area contributed by atoms with Crippen molar-refractivity contribution < 1.29 is 14.3 Å². The second-order valence-electron chi connectivity index (χ2n) is 6.35. The maximum atomic E-state index is 12.3. The van der Waals surface area contributed by atoms with Gasteiger partial charge in [-0.25, -0.2) is 0 Å². The van der Waals surface area contributed by atoms with Crippen molar-refractivity contribution in [1.29, 1.82) is 0 Å². The number of ether oxygens (including phenoxy) is 1. The number of esters is 1. The van der Waals surface area contributed by atoms with E-state index in [9.17, 15) is 9.59 Å². The maximum absolute atomic E-state index is 12.3. The monoisotopic (exact) mass is 260 g/mol. The summed E-state index contributed by atoms with van der Waals surface area (Å²) >= 11 is 0. The number of carbonyl (C=O) groups is 2. The van der Waals surface area contributed by atoms with Gasteiger partial charge in [-0.3, -0.25) is 9.59 Å². The molecule has 0 aromatic rings. The Morgan fingerprint density at radius 2 is 2.16 bits per heavy atom. The van der Waals surface area contributed by atoms with Crippen molar-refractivity contribution in [3.8, 4) is 0 Å². The zero-order valence-corrected chi connectivity index (χ0v) is 11.6. The van der Waals surface area contributed by atoms with Crippen LogP contribution in [0.5, 0.6) is 0 Å². The van der Waals surface area contributed by atoms with Crippen LogP contribution in [0.15, 0.2) is 23.8 Å². The van der Waals surface area contributed by atoms with Crippen molar-refractivity contribution in [3.63, 3.8) is 0 Å². The van der Waals surface area contributed by atoms with Gasteiger partial charge in [0, 0.05) is 12.3 Å². The maximum Gasteiger partial charge on any atom is 0.316 e. The minimum absolute atomic E-state index is 0.0127. The molecule has 0 radical (unpaired) electrons. The van der Waals surface area contributed by atoms with Crippen LogP contribution in [0.1, 0.15) is 39.0 Å². The summed E-state index contributed by atoms with van der Waals surface area (Å²) in [4.78, 5) is 24.1. The first kappa shape index (κ1) is 12.6. The normalized spacial score (nSPS) is 40.4. The minimum atomic E-state index is -0.599. The molecule has 3 atom stereocenters. The summed E-state index contributed by atoms with van der Waals surface area (Å²) in [5.41, 5.74) is 0.910. The van der Waals surface area contributed by atoms with Gasteiger partial charge in [0.2, 0.25) is 0 Å². The zero-order chi connectivity index (χ0) is 13.7. The standard InChI is InChI=1S/C16H20O3/c1-15-6-3-4-12(15)13-10-11(17)5-7-16(13,9-8-15)14(18)19-2/h4-5,7,13H,3,6,8-10H2,1-2H3/t13-,15+,16-/m0/s1. The Hall–Kier alpha value is -1.38. The second-order valence-corrected chi connectivity index (χ2v) is 6.35. The molecule has 0 saturated heterocycles. The third-order valence-electron chi connectivity index (χ3n) is 5.38. The third kappa shape index (κ3) is 1.63. The molecule has 0 bridgehead atoms. The van der Waals surface area contributed by atoms with Gasteiger partial charge in [0.1, 0.15) is 0 Å². The van der Waals surface area contributed by atoms with Gasteiger partial charge in [-0.05, 0) is 37.2 Å². The fraction of sp³-hybridized carbons (Fsp3) is 0.625. The topological polar surface area (TPSA) is 43.4 Å². The Bertz CT molecular complexity index is 502. The summed E-state index contributed by atoms with van der Waals surface area (Å²) < 4.78 is 5.04. The van der Waals surface area contributed by atoms with Crippen LogP contribution in [-0.2, 0) is 14.3 Å². The van der Waals surface area contributed by atoms with E-state index in [1.165, 1.54) is 12.7 Å². The Balaban J connectivity index is 2.09.